The average molecular weight is 351 g/mol. The largest absolute Gasteiger partial charge is 0.357 e. The normalized spacial score (nSPS) is 19.4. The quantitative estimate of drug-likeness (QED) is 0.407. The molecular formula is C19H34N4S. The molecule has 0 bridgehead atoms. The molecule has 2 heterocycles. The van der Waals surface area contributed by atoms with Gasteiger partial charge in [0.1, 0.15) is 0 Å². The van der Waals surface area contributed by atoms with Crippen molar-refractivity contribution >= 4 is 17.3 Å². The van der Waals surface area contributed by atoms with Gasteiger partial charge in [0.05, 0.1) is 0 Å². The van der Waals surface area contributed by atoms with Crippen molar-refractivity contribution in [3.8, 4) is 0 Å². The van der Waals surface area contributed by atoms with Crippen molar-refractivity contribution in [3.63, 3.8) is 0 Å². The molecule has 1 unspecified atom stereocenters. The summed E-state index contributed by atoms with van der Waals surface area (Å²) in [5.41, 5.74) is 0. The highest BCUT2D eigenvalue weighted by molar-refractivity contribution is 7.09. The first-order valence-electron chi connectivity index (χ1n) is 9.58. The fourth-order valence-electron chi connectivity index (χ4n) is 3.21. The highest BCUT2D eigenvalue weighted by atomic mass is 32.1. The molecule has 1 fully saturated rings. The van der Waals surface area contributed by atoms with Crippen LogP contribution >= 0.6 is 11.3 Å². The fourth-order valence-corrected chi connectivity index (χ4v) is 3.92. The Bertz CT molecular complexity index is 458. The lowest BCUT2D eigenvalue weighted by atomic mass is 10.0. The van der Waals surface area contributed by atoms with E-state index in [-0.39, 0.29) is 0 Å². The van der Waals surface area contributed by atoms with E-state index in [1.807, 2.05) is 11.3 Å². The molecule has 5 heteroatoms. The van der Waals surface area contributed by atoms with Crippen molar-refractivity contribution < 1.29 is 0 Å². The summed E-state index contributed by atoms with van der Waals surface area (Å²) in [6.45, 7) is 9.78. The number of hydrogen-bond donors (Lipinski definition) is 2. The third-order valence-electron chi connectivity index (χ3n) is 4.65. The van der Waals surface area contributed by atoms with E-state index in [0.717, 1.165) is 38.1 Å². The SMILES string of the molecule is CCNC(=NCCCCN1CCCCC1C)NCCc1cccs1. The Labute approximate surface area is 151 Å². The molecule has 0 aliphatic carbocycles. The minimum atomic E-state index is 0.776. The summed E-state index contributed by atoms with van der Waals surface area (Å²) in [5.74, 6) is 0.959. The molecule has 0 spiro atoms. The van der Waals surface area contributed by atoms with Crippen LogP contribution in [0.2, 0.25) is 0 Å². The Morgan fingerprint density at radius 3 is 3.00 bits per heavy atom. The van der Waals surface area contributed by atoms with E-state index in [9.17, 15) is 0 Å². The number of piperidine rings is 1. The lowest BCUT2D eigenvalue weighted by Gasteiger charge is -2.33. The predicted molar refractivity (Wildman–Crippen MR) is 106 cm³/mol. The van der Waals surface area contributed by atoms with Gasteiger partial charge in [-0.25, -0.2) is 0 Å². The summed E-state index contributed by atoms with van der Waals surface area (Å²) >= 11 is 1.82. The van der Waals surface area contributed by atoms with E-state index in [1.54, 1.807) is 0 Å². The Kier molecular flexibility index (Phi) is 9.21. The van der Waals surface area contributed by atoms with Crippen molar-refractivity contribution in [1.82, 2.24) is 15.5 Å². The first kappa shape index (κ1) is 19.3. The molecule has 1 aromatic rings. The van der Waals surface area contributed by atoms with E-state index < -0.39 is 0 Å². The topological polar surface area (TPSA) is 39.7 Å². The van der Waals surface area contributed by atoms with Crippen LogP contribution in [-0.2, 0) is 6.42 Å². The van der Waals surface area contributed by atoms with Crippen molar-refractivity contribution in [1.29, 1.82) is 0 Å². The molecule has 1 aromatic heterocycles. The highest BCUT2D eigenvalue weighted by Crippen LogP contribution is 2.16. The second-order valence-corrected chi connectivity index (χ2v) is 7.64. The average Bonchev–Trinajstić information content (AvgIpc) is 3.09. The monoisotopic (exact) mass is 350 g/mol. The molecule has 2 N–H and O–H groups in total. The van der Waals surface area contributed by atoms with Gasteiger partial charge in [-0.2, -0.15) is 0 Å². The first-order chi connectivity index (χ1) is 11.8. The van der Waals surface area contributed by atoms with E-state index >= 15 is 0 Å². The number of guanidine groups is 1. The van der Waals surface area contributed by atoms with E-state index in [1.165, 1.54) is 50.1 Å². The lowest BCUT2D eigenvalue weighted by molar-refractivity contribution is 0.158. The maximum Gasteiger partial charge on any atom is 0.191 e. The van der Waals surface area contributed by atoms with Crippen LogP contribution in [0.4, 0.5) is 0 Å². The molecule has 0 aromatic carbocycles. The molecule has 1 aliphatic heterocycles. The van der Waals surface area contributed by atoms with Gasteiger partial charge in [-0.3, -0.25) is 4.99 Å². The lowest BCUT2D eigenvalue weighted by Crippen LogP contribution is -2.38. The number of hydrogen-bond acceptors (Lipinski definition) is 3. The maximum atomic E-state index is 4.71. The number of unbranched alkanes of at least 4 members (excludes halogenated alkanes) is 1. The van der Waals surface area contributed by atoms with Gasteiger partial charge in [-0.1, -0.05) is 12.5 Å². The second kappa shape index (κ2) is 11.5. The summed E-state index contributed by atoms with van der Waals surface area (Å²) in [5, 5.41) is 8.92. The molecule has 0 saturated carbocycles. The number of nitrogens with zero attached hydrogens (tertiary/aromatic N) is 2. The third kappa shape index (κ3) is 7.22. The standard InChI is InChI=1S/C19H34N4S/c1-3-20-19(22-13-11-18-10-8-16-24-18)21-12-5-7-15-23-14-6-4-9-17(23)2/h8,10,16-17H,3-7,9,11-15H2,1-2H3,(H2,20,21,22). The third-order valence-corrected chi connectivity index (χ3v) is 5.59. The summed E-state index contributed by atoms with van der Waals surface area (Å²) in [7, 11) is 0. The minimum absolute atomic E-state index is 0.776. The zero-order chi connectivity index (χ0) is 17.0. The van der Waals surface area contributed by atoms with Crippen LogP contribution in [0.25, 0.3) is 0 Å². The summed E-state index contributed by atoms with van der Waals surface area (Å²) in [6.07, 6.45) is 7.64. The number of thiophene rings is 1. The molecule has 24 heavy (non-hydrogen) atoms. The molecule has 136 valence electrons. The van der Waals surface area contributed by atoms with Crippen LogP contribution < -0.4 is 10.6 Å². The molecule has 1 saturated heterocycles. The van der Waals surface area contributed by atoms with Gasteiger partial charge in [0.25, 0.3) is 0 Å². The van der Waals surface area contributed by atoms with E-state index in [0.29, 0.717) is 0 Å². The van der Waals surface area contributed by atoms with Gasteiger partial charge in [0.15, 0.2) is 5.96 Å². The molecule has 0 radical (unpaired) electrons. The van der Waals surface area contributed by atoms with Crippen LogP contribution in [0, 0.1) is 0 Å². The highest BCUT2D eigenvalue weighted by Gasteiger charge is 2.16. The van der Waals surface area contributed by atoms with Crippen LogP contribution in [0.1, 0.15) is 50.8 Å². The molecule has 4 nitrogen and oxygen atoms in total. The number of aliphatic imine (C=N–C) groups is 1. The van der Waals surface area contributed by atoms with Crippen molar-refractivity contribution in [2.45, 2.75) is 58.4 Å². The van der Waals surface area contributed by atoms with Gasteiger partial charge in [0.2, 0.25) is 0 Å². The van der Waals surface area contributed by atoms with Crippen LogP contribution in [0.3, 0.4) is 0 Å². The summed E-state index contributed by atoms with van der Waals surface area (Å²) < 4.78 is 0. The number of nitrogens with one attached hydrogen (secondary N) is 2. The smallest absolute Gasteiger partial charge is 0.191 e. The fraction of sp³-hybridized carbons (Fsp3) is 0.737. The predicted octanol–water partition coefficient (Wildman–Crippen LogP) is 3.50. The summed E-state index contributed by atoms with van der Waals surface area (Å²) in [4.78, 5) is 8.79. The number of rotatable bonds is 9. The molecule has 0 amide bonds. The van der Waals surface area contributed by atoms with Gasteiger partial charge in [-0.05, 0) is 70.5 Å². The molecular weight excluding hydrogens is 316 g/mol. The maximum absolute atomic E-state index is 4.71. The zero-order valence-corrected chi connectivity index (χ0v) is 16.2. The van der Waals surface area contributed by atoms with Crippen molar-refractivity contribution in [2.24, 2.45) is 4.99 Å². The zero-order valence-electron chi connectivity index (χ0n) is 15.4. The Hall–Kier alpha value is -1.07. The van der Waals surface area contributed by atoms with E-state index in [2.05, 4.69) is 46.9 Å². The first-order valence-corrected chi connectivity index (χ1v) is 10.5. The summed E-state index contributed by atoms with van der Waals surface area (Å²) in [6, 6.07) is 5.08. The van der Waals surface area contributed by atoms with Crippen LogP contribution in [0.5, 0.6) is 0 Å². The Morgan fingerprint density at radius 2 is 2.25 bits per heavy atom. The van der Waals surface area contributed by atoms with E-state index in [4.69, 9.17) is 4.99 Å². The molecule has 1 atom stereocenters. The van der Waals surface area contributed by atoms with Gasteiger partial charge in [0, 0.05) is 30.6 Å². The van der Waals surface area contributed by atoms with Crippen LogP contribution in [-0.4, -0.2) is 49.6 Å². The molecule has 1 aliphatic rings. The minimum Gasteiger partial charge on any atom is -0.357 e. The van der Waals surface area contributed by atoms with Gasteiger partial charge < -0.3 is 15.5 Å². The van der Waals surface area contributed by atoms with Crippen molar-refractivity contribution in [3.05, 3.63) is 22.4 Å². The second-order valence-electron chi connectivity index (χ2n) is 6.60. The Balaban J connectivity index is 1.61. The van der Waals surface area contributed by atoms with Gasteiger partial charge in [-0.15, -0.1) is 11.3 Å². The molecule has 2 rings (SSSR count). The van der Waals surface area contributed by atoms with Crippen molar-refractivity contribution in [2.75, 3.05) is 32.7 Å². The number of likely N-dealkylation sites (tertiary alicyclic amines) is 1. The Morgan fingerprint density at radius 1 is 1.33 bits per heavy atom. The van der Waals surface area contributed by atoms with Gasteiger partial charge >= 0.3 is 0 Å². The van der Waals surface area contributed by atoms with Crippen LogP contribution in [0.15, 0.2) is 22.5 Å².